The van der Waals surface area contributed by atoms with E-state index in [4.69, 9.17) is 0 Å². The van der Waals surface area contributed by atoms with Crippen LogP contribution in [0.25, 0.3) is 0 Å². The third-order valence-corrected chi connectivity index (χ3v) is 1.77. The highest BCUT2D eigenvalue weighted by atomic mass is 127. The Hall–Kier alpha value is -0.0600. The second-order valence-corrected chi connectivity index (χ2v) is 3.78. The largest absolute Gasteiger partial charge is 0.211 e. The van der Waals surface area contributed by atoms with Crippen molar-refractivity contribution in [1.29, 1.82) is 0 Å². The van der Waals surface area contributed by atoms with E-state index >= 15 is 0 Å². The maximum atomic E-state index is 4.25. The number of halogens is 1. The van der Waals surface area contributed by atoms with Crippen LogP contribution in [0.15, 0.2) is 12.3 Å². The summed E-state index contributed by atoms with van der Waals surface area (Å²) in [6.45, 7) is 4.40. The first-order valence-electron chi connectivity index (χ1n) is 3.39. The molecular weight excluding hydrogens is 239 g/mol. The molecule has 1 heterocycles. The van der Waals surface area contributed by atoms with Crippen molar-refractivity contribution < 1.29 is 0 Å². The van der Waals surface area contributed by atoms with Gasteiger partial charge in [0.05, 0.1) is 28.6 Å². The van der Waals surface area contributed by atoms with Crippen LogP contribution in [0.1, 0.15) is 19.5 Å². The zero-order valence-corrected chi connectivity index (χ0v) is 8.37. The van der Waals surface area contributed by atoms with Gasteiger partial charge in [-0.15, -0.1) is 0 Å². The number of nitrogens with zero attached hydrogens (tertiary/aromatic N) is 2. The summed E-state index contributed by atoms with van der Waals surface area (Å²) < 4.78 is 1.81. The molecule has 56 valence electrons. The minimum absolute atomic E-state index is 0.700. The van der Waals surface area contributed by atoms with E-state index in [-0.39, 0.29) is 0 Å². The lowest BCUT2D eigenvalue weighted by Crippen LogP contribution is -1.94. The minimum atomic E-state index is 0.700. The molecule has 1 rings (SSSR count). The van der Waals surface area contributed by atoms with Crippen molar-refractivity contribution in [3.8, 4) is 0 Å². The molecule has 0 saturated carbocycles. The van der Waals surface area contributed by atoms with Gasteiger partial charge in [0.15, 0.2) is 0 Å². The van der Waals surface area contributed by atoms with Gasteiger partial charge in [-0.3, -0.25) is 0 Å². The summed E-state index contributed by atoms with van der Waals surface area (Å²) in [5.74, 6) is 0.700. The van der Waals surface area contributed by atoms with E-state index < -0.39 is 0 Å². The molecule has 0 spiro atoms. The Kier molecular flexibility index (Phi) is 2.71. The van der Waals surface area contributed by atoms with Gasteiger partial charge in [-0.05, 0) is 18.4 Å². The highest BCUT2D eigenvalue weighted by molar-refractivity contribution is 14.1. The van der Waals surface area contributed by atoms with Crippen molar-refractivity contribution in [3.63, 3.8) is 0 Å². The first-order chi connectivity index (χ1) is 4.68. The molecule has 0 aliphatic rings. The summed E-state index contributed by atoms with van der Waals surface area (Å²) in [5.41, 5.74) is 1.18. The quantitative estimate of drug-likeness (QED) is 0.736. The van der Waals surface area contributed by atoms with Gasteiger partial charge in [0, 0.05) is 6.20 Å². The molecule has 0 saturated heterocycles. The second kappa shape index (κ2) is 3.37. The third-order valence-electron chi connectivity index (χ3n) is 1.23. The number of hydrogen-bond donors (Lipinski definition) is 0. The smallest absolute Gasteiger partial charge is 0.0843 e. The Morgan fingerprint density at radius 2 is 2.40 bits per heavy atom. The fourth-order valence-corrected chi connectivity index (χ4v) is 1.30. The molecule has 0 aliphatic carbocycles. The Morgan fingerprint density at radius 1 is 1.70 bits per heavy atom. The summed E-state index contributed by atoms with van der Waals surface area (Å²) in [6, 6.07) is 2.06. The molecule has 10 heavy (non-hydrogen) atoms. The normalized spacial score (nSPS) is 10.8. The lowest BCUT2D eigenvalue weighted by atomic mass is 10.1. The van der Waals surface area contributed by atoms with Crippen LogP contribution in [0, 0.1) is 5.92 Å². The maximum absolute atomic E-state index is 4.25. The Labute approximate surface area is 75.1 Å². The Bertz CT molecular complexity index is 205. The van der Waals surface area contributed by atoms with Gasteiger partial charge in [-0.2, -0.15) is 5.10 Å². The SMILES string of the molecule is CC(C)Cc1ccn(I)n1. The molecular formula is C7H11IN2. The van der Waals surface area contributed by atoms with E-state index in [2.05, 4.69) is 47.9 Å². The molecule has 1 aromatic rings. The zero-order valence-electron chi connectivity index (χ0n) is 6.21. The lowest BCUT2D eigenvalue weighted by Gasteiger charge is -1.98. The predicted molar refractivity (Wildman–Crippen MR) is 50.2 cm³/mol. The summed E-state index contributed by atoms with van der Waals surface area (Å²) in [7, 11) is 0. The molecule has 0 atom stereocenters. The standard InChI is InChI=1S/C7H11IN2/c1-6(2)5-7-3-4-10(8)9-7/h3-4,6H,5H2,1-2H3. The number of rotatable bonds is 2. The average molecular weight is 250 g/mol. The van der Waals surface area contributed by atoms with Crippen molar-refractivity contribution >= 4 is 22.9 Å². The minimum Gasteiger partial charge on any atom is -0.211 e. The second-order valence-electron chi connectivity index (χ2n) is 2.79. The van der Waals surface area contributed by atoms with Crippen molar-refractivity contribution in [1.82, 2.24) is 7.99 Å². The van der Waals surface area contributed by atoms with E-state index in [0.717, 1.165) is 6.42 Å². The van der Waals surface area contributed by atoms with Gasteiger partial charge in [0.1, 0.15) is 0 Å². The topological polar surface area (TPSA) is 17.8 Å². The van der Waals surface area contributed by atoms with Crippen molar-refractivity contribution in [2.75, 3.05) is 0 Å². The van der Waals surface area contributed by atoms with E-state index in [9.17, 15) is 0 Å². The van der Waals surface area contributed by atoms with Crippen molar-refractivity contribution in [3.05, 3.63) is 18.0 Å². The van der Waals surface area contributed by atoms with Gasteiger partial charge in [0.2, 0.25) is 0 Å². The van der Waals surface area contributed by atoms with Gasteiger partial charge in [-0.1, -0.05) is 13.8 Å². The molecule has 0 fully saturated rings. The number of hydrogen-bond acceptors (Lipinski definition) is 1. The zero-order chi connectivity index (χ0) is 7.56. The highest BCUT2D eigenvalue weighted by Gasteiger charge is 1.99. The summed E-state index contributed by atoms with van der Waals surface area (Å²) in [5, 5.41) is 4.25. The van der Waals surface area contributed by atoms with Gasteiger partial charge in [-0.25, -0.2) is 2.90 Å². The fraction of sp³-hybridized carbons (Fsp3) is 0.571. The predicted octanol–water partition coefficient (Wildman–Crippen LogP) is 2.28. The molecule has 0 N–H and O–H groups in total. The van der Waals surface area contributed by atoms with Crippen molar-refractivity contribution in [2.45, 2.75) is 20.3 Å². The first kappa shape index (κ1) is 8.04. The fourth-order valence-electron chi connectivity index (χ4n) is 0.864. The van der Waals surface area contributed by atoms with Gasteiger partial charge < -0.3 is 0 Å². The average Bonchev–Trinajstić information content (AvgIpc) is 2.13. The molecule has 0 amide bonds. The number of aromatic nitrogens is 2. The summed E-state index contributed by atoms with van der Waals surface area (Å²) >= 11 is 2.15. The van der Waals surface area contributed by atoms with E-state index in [1.807, 2.05) is 9.09 Å². The Morgan fingerprint density at radius 3 is 2.80 bits per heavy atom. The van der Waals surface area contributed by atoms with Crippen molar-refractivity contribution in [2.24, 2.45) is 5.92 Å². The van der Waals surface area contributed by atoms with Crippen LogP contribution < -0.4 is 0 Å². The summed E-state index contributed by atoms with van der Waals surface area (Å²) in [4.78, 5) is 0. The molecule has 0 unspecified atom stereocenters. The molecule has 1 aromatic heterocycles. The lowest BCUT2D eigenvalue weighted by molar-refractivity contribution is 0.633. The molecule has 0 radical (unpaired) electrons. The van der Waals surface area contributed by atoms with Crippen LogP contribution >= 0.6 is 22.9 Å². The molecule has 3 heteroatoms. The first-order valence-corrected chi connectivity index (χ1v) is 4.35. The summed E-state index contributed by atoms with van der Waals surface area (Å²) in [6.07, 6.45) is 3.05. The molecule has 2 nitrogen and oxygen atoms in total. The van der Waals surface area contributed by atoms with Crippen LogP contribution in [-0.4, -0.2) is 7.99 Å². The van der Waals surface area contributed by atoms with Gasteiger partial charge >= 0.3 is 0 Å². The van der Waals surface area contributed by atoms with E-state index in [1.165, 1.54) is 5.69 Å². The van der Waals surface area contributed by atoms with Crippen LogP contribution in [0.2, 0.25) is 0 Å². The molecule has 0 bridgehead atoms. The van der Waals surface area contributed by atoms with E-state index in [1.54, 1.807) is 0 Å². The van der Waals surface area contributed by atoms with E-state index in [0.29, 0.717) is 5.92 Å². The third kappa shape index (κ3) is 2.28. The monoisotopic (exact) mass is 250 g/mol. The Balaban J connectivity index is 2.58. The van der Waals surface area contributed by atoms with Crippen LogP contribution in [0.3, 0.4) is 0 Å². The molecule has 0 aliphatic heterocycles. The van der Waals surface area contributed by atoms with Crippen LogP contribution in [0.5, 0.6) is 0 Å². The molecule has 0 aromatic carbocycles. The maximum Gasteiger partial charge on any atom is 0.0843 e. The van der Waals surface area contributed by atoms with Crippen LogP contribution in [0.4, 0.5) is 0 Å². The highest BCUT2D eigenvalue weighted by Crippen LogP contribution is 2.05. The van der Waals surface area contributed by atoms with Gasteiger partial charge in [0.25, 0.3) is 0 Å². The van der Waals surface area contributed by atoms with Crippen LogP contribution in [-0.2, 0) is 6.42 Å².